The minimum atomic E-state index is -0.0701. The van der Waals surface area contributed by atoms with E-state index < -0.39 is 0 Å². The minimum absolute atomic E-state index is 0.0701. The molecule has 0 bridgehead atoms. The van der Waals surface area contributed by atoms with E-state index in [0.29, 0.717) is 12.2 Å². The van der Waals surface area contributed by atoms with Gasteiger partial charge < -0.3 is 14.8 Å². The third-order valence-electron chi connectivity index (χ3n) is 3.02. The van der Waals surface area contributed by atoms with Crippen LogP contribution in [0.15, 0.2) is 18.6 Å². The third kappa shape index (κ3) is 3.08. The number of fused-ring (bicyclic) bond motifs is 1. The van der Waals surface area contributed by atoms with Gasteiger partial charge in [0, 0.05) is 13.6 Å². The first-order chi connectivity index (χ1) is 9.09. The highest BCUT2D eigenvalue weighted by Gasteiger charge is 2.13. The number of rotatable bonds is 5. The number of nitrogens with zero attached hydrogens (tertiary/aromatic N) is 4. The SMILES string of the molecule is CN(C)CCCNC(=O)c1cc2ncncc2n1C. The van der Waals surface area contributed by atoms with Gasteiger partial charge in [-0.2, -0.15) is 0 Å². The van der Waals surface area contributed by atoms with Crippen molar-refractivity contribution < 1.29 is 4.79 Å². The predicted octanol–water partition coefficient (Wildman–Crippen LogP) is 0.650. The molecule has 2 aromatic rings. The summed E-state index contributed by atoms with van der Waals surface area (Å²) < 4.78 is 1.82. The maximum absolute atomic E-state index is 12.1. The van der Waals surface area contributed by atoms with Crippen LogP contribution in [-0.2, 0) is 7.05 Å². The fraction of sp³-hybridized carbons (Fsp3) is 0.462. The van der Waals surface area contributed by atoms with Crippen LogP contribution in [0.2, 0.25) is 0 Å². The Kier molecular flexibility index (Phi) is 4.11. The second kappa shape index (κ2) is 5.79. The molecule has 0 spiro atoms. The van der Waals surface area contributed by atoms with Crippen LogP contribution in [0, 0.1) is 0 Å². The van der Waals surface area contributed by atoms with E-state index in [4.69, 9.17) is 0 Å². The summed E-state index contributed by atoms with van der Waals surface area (Å²) in [6.07, 6.45) is 4.13. The molecule has 0 saturated carbocycles. The number of carbonyl (C=O) groups is 1. The third-order valence-corrected chi connectivity index (χ3v) is 3.02. The average molecular weight is 261 g/mol. The number of carbonyl (C=O) groups excluding carboxylic acids is 1. The van der Waals surface area contributed by atoms with Gasteiger partial charge in [-0.15, -0.1) is 0 Å². The van der Waals surface area contributed by atoms with Crippen molar-refractivity contribution >= 4 is 16.9 Å². The van der Waals surface area contributed by atoms with E-state index in [1.807, 2.05) is 25.7 Å². The molecule has 0 aromatic carbocycles. The Bertz CT molecular complexity index is 575. The van der Waals surface area contributed by atoms with Crippen LogP contribution in [0.5, 0.6) is 0 Å². The van der Waals surface area contributed by atoms with Crippen LogP contribution in [0.4, 0.5) is 0 Å². The molecular weight excluding hydrogens is 242 g/mol. The zero-order valence-electron chi connectivity index (χ0n) is 11.6. The average Bonchev–Trinajstić information content (AvgIpc) is 2.72. The molecule has 0 aliphatic rings. The van der Waals surface area contributed by atoms with Crippen LogP contribution >= 0.6 is 0 Å². The zero-order chi connectivity index (χ0) is 13.8. The Morgan fingerprint density at radius 1 is 1.47 bits per heavy atom. The molecule has 0 aliphatic carbocycles. The number of amides is 1. The van der Waals surface area contributed by atoms with Crippen molar-refractivity contribution in [3.8, 4) is 0 Å². The van der Waals surface area contributed by atoms with E-state index in [0.717, 1.165) is 24.0 Å². The van der Waals surface area contributed by atoms with E-state index >= 15 is 0 Å². The van der Waals surface area contributed by atoms with Crippen LogP contribution in [0.1, 0.15) is 16.9 Å². The van der Waals surface area contributed by atoms with Gasteiger partial charge >= 0.3 is 0 Å². The van der Waals surface area contributed by atoms with Gasteiger partial charge in [-0.1, -0.05) is 0 Å². The smallest absolute Gasteiger partial charge is 0.267 e. The summed E-state index contributed by atoms with van der Waals surface area (Å²) in [5.41, 5.74) is 2.26. The van der Waals surface area contributed by atoms with Crippen molar-refractivity contribution in [1.82, 2.24) is 24.8 Å². The lowest BCUT2D eigenvalue weighted by atomic mass is 10.3. The standard InChI is InChI=1S/C13H19N5O/c1-17(2)6-4-5-15-13(19)11-7-10-12(18(11)3)8-14-9-16-10/h7-9H,4-6H2,1-3H3,(H,15,19). The summed E-state index contributed by atoms with van der Waals surface area (Å²) in [7, 11) is 5.88. The summed E-state index contributed by atoms with van der Waals surface area (Å²) >= 11 is 0. The fourth-order valence-corrected chi connectivity index (χ4v) is 1.96. The Morgan fingerprint density at radius 3 is 2.95 bits per heavy atom. The second-order valence-electron chi connectivity index (χ2n) is 4.79. The molecule has 2 heterocycles. The molecule has 0 aliphatic heterocycles. The maximum Gasteiger partial charge on any atom is 0.267 e. The van der Waals surface area contributed by atoms with E-state index in [9.17, 15) is 4.79 Å². The van der Waals surface area contributed by atoms with Crippen molar-refractivity contribution in [2.24, 2.45) is 7.05 Å². The summed E-state index contributed by atoms with van der Waals surface area (Å²) in [6.45, 7) is 1.63. The first-order valence-corrected chi connectivity index (χ1v) is 6.28. The van der Waals surface area contributed by atoms with E-state index in [1.54, 1.807) is 12.3 Å². The van der Waals surface area contributed by atoms with Gasteiger partial charge in [0.25, 0.3) is 5.91 Å². The molecule has 1 amide bonds. The van der Waals surface area contributed by atoms with Crippen LogP contribution in [-0.4, -0.2) is 52.5 Å². The zero-order valence-corrected chi connectivity index (χ0v) is 11.6. The highest BCUT2D eigenvalue weighted by Crippen LogP contribution is 2.14. The Hall–Kier alpha value is -1.95. The number of aromatic nitrogens is 3. The molecule has 0 radical (unpaired) electrons. The van der Waals surface area contributed by atoms with Crippen molar-refractivity contribution in [3.63, 3.8) is 0 Å². The van der Waals surface area contributed by atoms with Crippen molar-refractivity contribution in [2.75, 3.05) is 27.2 Å². The van der Waals surface area contributed by atoms with Crippen LogP contribution < -0.4 is 5.32 Å². The molecule has 2 rings (SSSR count). The minimum Gasteiger partial charge on any atom is -0.351 e. The van der Waals surface area contributed by atoms with Gasteiger partial charge in [0.1, 0.15) is 12.0 Å². The van der Waals surface area contributed by atoms with Gasteiger partial charge in [0.05, 0.1) is 17.2 Å². The number of hydrogen-bond acceptors (Lipinski definition) is 4. The molecule has 6 nitrogen and oxygen atoms in total. The number of hydrogen-bond donors (Lipinski definition) is 1. The van der Waals surface area contributed by atoms with Crippen molar-refractivity contribution in [2.45, 2.75) is 6.42 Å². The largest absolute Gasteiger partial charge is 0.351 e. The van der Waals surface area contributed by atoms with Gasteiger partial charge in [0.2, 0.25) is 0 Å². The molecule has 0 unspecified atom stereocenters. The quantitative estimate of drug-likeness (QED) is 0.803. The van der Waals surface area contributed by atoms with Gasteiger partial charge in [0.15, 0.2) is 0 Å². The molecular formula is C13H19N5O. The lowest BCUT2D eigenvalue weighted by Gasteiger charge is -2.10. The summed E-state index contributed by atoms with van der Waals surface area (Å²) in [5, 5.41) is 2.92. The number of aryl methyl sites for hydroxylation is 1. The molecule has 0 atom stereocenters. The fourth-order valence-electron chi connectivity index (χ4n) is 1.96. The van der Waals surface area contributed by atoms with Gasteiger partial charge in [-0.3, -0.25) is 4.79 Å². The second-order valence-corrected chi connectivity index (χ2v) is 4.79. The first-order valence-electron chi connectivity index (χ1n) is 6.28. The molecule has 6 heteroatoms. The van der Waals surface area contributed by atoms with Gasteiger partial charge in [-0.25, -0.2) is 9.97 Å². The molecule has 0 fully saturated rings. The van der Waals surface area contributed by atoms with E-state index in [-0.39, 0.29) is 5.91 Å². The lowest BCUT2D eigenvalue weighted by Crippen LogP contribution is -2.28. The molecule has 1 N–H and O–H groups in total. The van der Waals surface area contributed by atoms with Crippen LogP contribution in [0.25, 0.3) is 11.0 Å². The number of nitrogens with one attached hydrogen (secondary N) is 1. The molecule has 0 saturated heterocycles. The van der Waals surface area contributed by atoms with Crippen molar-refractivity contribution in [3.05, 3.63) is 24.3 Å². The highest BCUT2D eigenvalue weighted by atomic mass is 16.1. The Balaban J connectivity index is 2.03. The molecule has 2 aromatic heterocycles. The first kappa shape index (κ1) is 13.5. The van der Waals surface area contributed by atoms with E-state index in [2.05, 4.69) is 20.2 Å². The summed E-state index contributed by atoms with van der Waals surface area (Å²) in [6, 6.07) is 1.79. The maximum atomic E-state index is 12.1. The predicted molar refractivity (Wildman–Crippen MR) is 74.0 cm³/mol. The summed E-state index contributed by atoms with van der Waals surface area (Å²) in [5.74, 6) is -0.0701. The molecule has 19 heavy (non-hydrogen) atoms. The monoisotopic (exact) mass is 261 g/mol. The van der Waals surface area contributed by atoms with E-state index in [1.165, 1.54) is 6.33 Å². The molecule has 102 valence electrons. The normalized spacial score (nSPS) is 11.2. The highest BCUT2D eigenvalue weighted by molar-refractivity contribution is 5.97. The van der Waals surface area contributed by atoms with Crippen molar-refractivity contribution in [1.29, 1.82) is 0 Å². The van der Waals surface area contributed by atoms with Gasteiger partial charge in [-0.05, 0) is 33.1 Å². The van der Waals surface area contributed by atoms with Crippen LogP contribution in [0.3, 0.4) is 0 Å². The lowest BCUT2D eigenvalue weighted by molar-refractivity contribution is 0.0944. The summed E-state index contributed by atoms with van der Waals surface area (Å²) in [4.78, 5) is 22.3. The topological polar surface area (TPSA) is 63.1 Å². The Morgan fingerprint density at radius 2 is 2.26 bits per heavy atom. The Labute approximate surface area is 112 Å².